The van der Waals surface area contributed by atoms with Crippen LogP contribution >= 0.6 is 11.6 Å². The number of H-pyrrole nitrogens is 1. The fourth-order valence-electron chi connectivity index (χ4n) is 5.76. The first-order chi connectivity index (χ1) is 20.7. The molecular formula is C37H24ClN4+. The number of pyridine rings is 3. The van der Waals surface area contributed by atoms with Crippen molar-refractivity contribution >= 4 is 44.3 Å². The van der Waals surface area contributed by atoms with Crippen molar-refractivity contribution < 1.29 is 4.98 Å². The Morgan fingerprint density at radius 1 is 0.548 bits per heavy atom. The van der Waals surface area contributed by atoms with Crippen LogP contribution in [0.5, 0.6) is 0 Å². The Morgan fingerprint density at radius 2 is 1.26 bits per heavy atom. The van der Waals surface area contributed by atoms with Gasteiger partial charge in [0.1, 0.15) is 11.3 Å². The molecule has 0 atom stereocenters. The fraction of sp³-hybridized carbons (Fsp3) is 0. The Balaban J connectivity index is 1.16. The van der Waals surface area contributed by atoms with E-state index in [4.69, 9.17) is 21.6 Å². The molecule has 42 heavy (non-hydrogen) atoms. The number of hydrogen-bond acceptors (Lipinski definition) is 2. The number of aromatic nitrogens is 4. The van der Waals surface area contributed by atoms with E-state index in [0.717, 1.165) is 50.4 Å². The first kappa shape index (κ1) is 24.5. The zero-order valence-electron chi connectivity index (χ0n) is 22.5. The predicted octanol–water partition coefficient (Wildman–Crippen LogP) is 9.20. The molecule has 0 aliphatic heterocycles. The second-order valence-electron chi connectivity index (χ2n) is 10.3. The summed E-state index contributed by atoms with van der Waals surface area (Å²) in [7, 11) is 0. The van der Waals surface area contributed by atoms with Crippen LogP contribution in [0.25, 0.3) is 72.3 Å². The second kappa shape index (κ2) is 9.95. The molecule has 5 heteroatoms. The largest absolute Gasteiger partial charge is 0.286 e. The summed E-state index contributed by atoms with van der Waals surface area (Å²) in [5.41, 5.74) is 8.90. The average Bonchev–Trinajstić information content (AvgIpc) is 3.40. The summed E-state index contributed by atoms with van der Waals surface area (Å²) in [6.07, 6.45) is 1.93. The SMILES string of the molecule is Clc1cccc2c3[nH+]cccc3n(-c3cccc(-c4cccc(-c5ccc(-c6ccc7ccccc7c6)cc5)n4)n3)c12. The highest BCUT2D eigenvalue weighted by atomic mass is 35.5. The molecule has 0 radical (unpaired) electrons. The molecule has 4 aromatic carbocycles. The van der Waals surface area contributed by atoms with Gasteiger partial charge in [0, 0.05) is 11.6 Å². The van der Waals surface area contributed by atoms with Crippen molar-refractivity contribution in [1.82, 2.24) is 14.5 Å². The van der Waals surface area contributed by atoms with E-state index in [-0.39, 0.29) is 0 Å². The maximum absolute atomic E-state index is 6.73. The van der Waals surface area contributed by atoms with Crippen molar-refractivity contribution in [3.05, 3.63) is 145 Å². The topological polar surface area (TPSA) is 44.9 Å². The number of hydrogen-bond donors (Lipinski definition) is 0. The van der Waals surface area contributed by atoms with Gasteiger partial charge < -0.3 is 0 Å². The lowest BCUT2D eigenvalue weighted by molar-refractivity contribution is -0.343. The van der Waals surface area contributed by atoms with E-state index in [1.807, 2.05) is 60.8 Å². The fourth-order valence-corrected chi connectivity index (χ4v) is 6.02. The molecule has 1 N–H and O–H groups in total. The van der Waals surface area contributed by atoms with Gasteiger partial charge in [-0.2, -0.15) is 0 Å². The van der Waals surface area contributed by atoms with Crippen LogP contribution in [0.15, 0.2) is 140 Å². The Bertz CT molecular complexity index is 2270. The molecule has 0 fully saturated rings. The smallest absolute Gasteiger partial charge is 0.237 e. The van der Waals surface area contributed by atoms with Crippen molar-refractivity contribution in [2.75, 3.05) is 0 Å². The number of benzene rings is 4. The summed E-state index contributed by atoms with van der Waals surface area (Å²) in [5.74, 6) is 0.784. The van der Waals surface area contributed by atoms with Crippen molar-refractivity contribution in [1.29, 1.82) is 0 Å². The number of nitrogens with zero attached hydrogens (tertiary/aromatic N) is 3. The average molecular weight is 560 g/mol. The van der Waals surface area contributed by atoms with Crippen LogP contribution in [0, 0.1) is 0 Å². The molecule has 0 amide bonds. The minimum atomic E-state index is 0.677. The van der Waals surface area contributed by atoms with Crippen molar-refractivity contribution in [2.24, 2.45) is 0 Å². The lowest BCUT2D eigenvalue weighted by Crippen LogP contribution is -2.03. The molecule has 0 saturated carbocycles. The van der Waals surface area contributed by atoms with Crippen molar-refractivity contribution in [2.45, 2.75) is 0 Å². The van der Waals surface area contributed by atoms with Gasteiger partial charge in [0.2, 0.25) is 5.52 Å². The molecule has 4 nitrogen and oxygen atoms in total. The summed E-state index contributed by atoms with van der Waals surface area (Å²) < 4.78 is 2.11. The normalized spacial score (nSPS) is 11.5. The molecule has 0 saturated heterocycles. The van der Waals surface area contributed by atoms with Gasteiger partial charge in [-0.1, -0.05) is 90.5 Å². The van der Waals surface area contributed by atoms with E-state index in [0.29, 0.717) is 5.02 Å². The van der Waals surface area contributed by atoms with E-state index in [2.05, 4.69) is 88.4 Å². The summed E-state index contributed by atoms with van der Waals surface area (Å²) in [6.45, 7) is 0. The van der Waals surface area contributed by atoms with Crippen LogP contribution in [0.3, 0.4) is 0 Å². The van der Waals surface area contributed by atoms with E-state index >= 15 is 0 Å². The molecule has 4 heterocycles. The molecule has 198 valence electrons. The highest BCUT2D eigenvalue weighted by molar-refractivity contribution is 6.36. The predicted molar refractivity (Wildman–Crippen MR) is 172 cm³/mol. The standard InChI is InChI=1S/C37H23ClN4/c38-30-10-3-9-29-36-34(14-6-22-39-36)42(37(29)30)35-15-5-13-33(41-35)32-12-4-11-31(40-32)26-19-16-25(17-20-26)28-21-18-24-7-1-2-8-27(24)23-28/h1-23H/p+1. The molecule has 0 aliphatic rings. The van der Waals surface area contributed by atoms with E-state index in [1.54, 1.807) is 0 Å². The quantitative estimate of drug-likeness (QED) is 0.216. The maximum Gasteiger partial charge on any atom is 0.237 e. The summed E-state index contributed by atoms with van der Waals surface area (Å²) in [6, 6.07) is 45.8. The number of rotatable bonds is 4. The second-order valence-corrected chi connectivity index (χ2v) is 10.7. The van der Waals surface area contributed by atoms with E-state index in [1.165, 1.54) is 21.9 Å². The molecule has 0 aliphatic carbocycles. The van der Waals surface area contributed by atoms with Crippen LogP contribution < -0.4 is 4.98 Å². The van der Waals surface area contributed by atoms with Gasteiger partial charge in [-0.25, -0.2) is 15.0 Å². The van der Waals surface area contributed by atoms with Gasteiger partial charge in [0.15, 0.2) is 6.20 Å². The highest BCUT2D eigenvalue weighted by Crippen LogP contribution is 2.34. The third-order valence-electron chi connectivity index (χ3n) is 7.79. The summed E-state index contributed by atoms with van der Waals surface area (Å²) >= 11 is 6.73. The summed E-state index contributed by atoms with van der Waals surface area (Å²) in [5, 5.41) is 4.22. The Labute approximate surface area is 247 Å². The number of aromatic amines is 1. The Kier molecular flexibility index (Phi) is 5.80. The minimum absolute atomic E-state index is 0.677. The van der Waals surface area contributed by atoms with Gasteiger partial charge in [-0.3, -0.25) is 4.57 Å². The molecule has 0 bridgehead atoms. The molecule has 0 spiro atoms. The van der Waals surface area contributed by atoms with Gasteiger partial charge >= 0.3 is 0 Å². The molecule has 8 rings (SSSR count). The zero-order chi connectivity index (χ0) is 28.0. The van der Waals surface area contributed by atoms with Crippen molar-refractivity contribution in [3.63, 3.8) is 0 Å². The zero-order valence-corrected chi connectivity index (χ0v) is 23.3. The van der Waals surface area contributed by atoms with Crippen LogP contribution in [0.1, 0.15) is 0 Å². The first-order valence-electron chi connectivity index (χ1n) is 13.9. The number of para-hydroxylation sites is 1. The van der Waals surface area contributed by atoms with E-state index in [9.17, 15) is 0 Å². The molecular weight excluding hydrogens is 536 g/mol. The molecule has 0 unspecified atom stereocenters. The monoisotopic (exact) mass is 559 g/mol. The van der Waals surface area contributed by atoms with Gasteiger partial charge in [-0.15, -0.1) is 0 Å². The third kappa shape index (κ3) is 4.12. The molecule has 4 aromatic heterocycles. The maximum atomic E-state index is 6.73. The molecule has 8 aromatic rings. The minimum Gasteiger partial charge on any atom is -0.286 e. The number of nitrogens with one attached hydrogen (secondary N) is 1. The highest BCUT2D eigenvalue weighted by Gasteiger charge is 2.20. The Morgan fingerprint density at radius 3 is 2.14 bits per heavy atom. The van der Waals surface area contributed by atoms with Gasteiger partial charge in [0.25, 0.3) is 0 Å². The summed E-state index contributed by atoms with van der Waals surface area (Å²) in [4.78, 5) is 13.5. The van der Waals surface area contributed by atoms with Crippen LogP contribution in [-0.4, -0.2) is 14.5 Å². The van der Waals surface area contributed by atoms with E-state index < -0.39 is 0 Å². The van der Waals surface area contributed by atoms with Gasteiger partial charge in [-0.05, 0) is 70.4 Å². The van der Waals surface area contributed by atoms with Crippen LogP contribution in [-0.2, 0) is 0 Å². The van der Waals surface area contributed by atoms with Crippen LogP contribution in [0.2, 0.25) is 5.02 Å². The lowest BCUT2D eigenvalue weighted by atomic mass is 9.99. The number of halogens is 1. The number of fused-ring (bicyclic) bond motifs is 4. The third-order valence-corrected chi connectivity index (χ3v) is 8.10. The Hall–Kier alpha value is -5.32. The first-order valence-corrected chi connectivity index (χ1v) is 14.2. The lowest BCUT2D eigenvalue weighted by Gasteiger charge is -2.10. The van der Waals surface area contributed by atoms with Crippen molar-refractivity contribution in [3.8, 4) is 39.6 Å². The van der Waals surface area contributed by atoms with Crippen LogP contribution in [0.4, 0.5) is 0 Å². The van der Waals surface area contributed by atoms with Gasteiger partial charge in [0.05, 0.1) is 33.0 Å².